The summed E-state index contributed by atoms with van der Waals surface area (Å²) in [5.41, 5.74) is 2.00. The second-order valence-corrected chi connectivity index (χ2v) is 6.57. The molecular weight excluding hydrogens is 356 g/mol. The van der Waals surface area contributed by atoms with Crippen LogP contribution in [0.5, 0.6) is 0 Å². The largest absolute Gasteiger partial charge is 0.450 e. The second-order valence-electron chi connectivity index (χ2n) is 6.57. The van der Waals surface area contributed by atoms with E-state index in [9.17, 15) is 0 Å². The maximum atomic E-state index is 6.10. The molecule has 0 N–H and O–H groups in total. The Bertz CT molecular complexity index is 1260. The normalized spacial score (nSPS) is 11.5. The molecule has 0 spiro atoms. The lowest BCUT2D eigenvalue weighted by Crippen LogP contribution is -2.03. The van der Waals surface area contributed by atoms with Crippen LogP contribution >= 0.6 is 0 Å². The number of furan rings is 1. The maximum absolute atomic E-state index is 6.10. The topological polar surface area (TPSA) is 87.7 Å². The number of aryl methyl sites for hydroxylation is 4. The monoisotopic (exact) mass is 374 g/mol. The van der Waals surface area contributed by atoms with Crippen LogP contribution in [0.2, 0.25) is 0 Å². The number of imidazole rings is 2. The van der Waals surface area contributed by atoms with E-state index in [-0.39, 0.29) is 0 Å². The van der Waals surface area contributed by atoms with Gasteiger partial charge < -0.3 is 18.1 Å². The molecule has 0 radical (unpaired) electrons. The number of nitrogens with zero attached hydrogens (tertiary/aromatic N) is 6. The number of aromatic nitrogens is 6. The Hall–Kier alpha value is -3.68. The van der Waals surface area contributed by atoms with Crippen LogP contribution < -0.4 is 0 Å². The quantitative estimate of drug-likeness (QED) is 0.467. The van der Waals surface area contributed by atoms with Crippen molar-refractivity contribution < 1.29 is 8.94 Å². The van der Waals surface area contributed by atoms with Crippen LogP contribution in [0.15, 0.2) is 57.7 Å². The lowest BCUT2D eigenvalue weighted by molar-refractivity contribution is 0.386. The van der Waals surface area contributed by atoms with Crippen molar-refractivity contribution >= 4 is 11.0 Å². The zero-order chi connectivity index (χ0) is 19.1. The summed E-state index contributed by atoms with van der Waals surface area (Å²) in [5.74, 6) is 4.18. The highest BCUT2D eigenvalue weighted by Crippen LogP contribution is 2.29. The van der Waals surface area contributed by atoms with E-state index in [4.69, 9.17) is 13.9 Å². The maximum Gasteiger partial charge on any atom is 0.223 e. The van der Waals surface area contributed by atoms with Gasteiger partial charge in [0.2, 0.25) is 5.89 Å². The number of fused-ring (bicyclic) bond motifs is 1. The first-order valence-corrected chi connectivity index (χ1v) is 9.01. The summed E-state index contributed by atoms with van der Waals surface area (Å²) in [6.45, 7) is 2.46. The molecule has 0 bridgehead atoms. The van der Waals surface area contributed by atoms with Crippen LogP contribution in [-0.2, 0) is 20.0 Å². The highest BCUT2D eigenvalue weighted by Gasteiger charge is 2.16. The van der Waals surface area contributed by atoms with Gasteiger partial charge in [0.25, 0.3) is 0 Å². The fourth-order valence-corrected chi connectivity index (χ4v) is 3.32. The summed E-state index contributed by atoms with van der Waals surface area (Å²) < 4.78 is 15.2. The molecule has 4 heterocycles. The Balaban J connectivity index is 1.43. The average Bonchev–Trinajstić information content (AvgIpc) is 3.47. The van der Waals surface area contributed by atoms with Crippen LogP contribution in [0.3, 0.4) is 0 Å². The molecule has 0 fully saturated rings. The van der Waals surface area contributed by atoms with Crippen LogP contribution in [0.1, 0.15) is 11.7 Å². The smallest absolute Gasteiger partial charge is 0.223 e. The first-order valence-electron chi connectivity index (χ1n) is 9.01. The summed E-state index contributed by atoms with van der Waals surface area (Å²) in [5, 5.41) is 3.94. The Morgan fingerprint density at radius 1 is 1.00 bits per heavy atom. The molecule has 5 rings (SSSR count). The predicted octanol–water partition coefficient (Wildman–Crippen LogP) is 3.63. The van der Waals surface area contributed by atoms with E-state index in [0.717, 1.165) is 22.7 Å². The minimum atomic E-state index is 0.569. The van der Waals surface area contributed by atoms with Gasteiger partial charge in [-0.25, -0.2) is 9.97 Å². The van der Waals surface area contributed by atoms with Crippen LogP contribution in [0, 0.1) is 6.92 Å². The molecule has 4 aromatic heterocycles. The summed E-state index contributed by atoms with van der Waals surface area (Å²) in [6.07, 6.45) is 4.33. The highest BCUT2D eigenvalue weighted by atomic mass is 16.5. The van der Waals surface area contributed by atoms with Gasteiger partial charge in [-0.1, -0.05) is 17.3 Å². The predicted molar refractivity (Wildman–Crippen MR) is 102 cm³/mol. The second kappa shape index (κ2) is 6.49. The molecule has 8 nitrogen and oxygen atoms in total. The van der Waals surface area contributed by atoms with Crippen LogP contribution in [-0.4, -0.2) is 29.2 Å². The van der Waals surface area contributed by atoms with E-state index in [1.54, 1.807) is 13.1 Å². The Labute approximate surface area is 160 Å². The Morgan fingerprint density at radius 3 is 2.61 bits per heavy atom. The van der Waals surface area contributed by atoms with Gasteiger partial charge in [-0.2, -0.15) is 4.98 Å². The van der Waals surface area contributed by atoms with Crippen molar-refractivity contribution in [2.75, 3.05) is 0 Å². The van der Waals surface area contributed by atoms with E-state index in [0.29, 0.717) is 36.2 Å². The van der Waals surface area contributed by atoms with Gasteiger partial charge in [0.05, 0.1) is 11.0 Å². The van der Waals surface area contributed by atoms with E-state index in [1.165, 1.54) is 0 Å². The molecular formula is C20H18N6O2. The van der Waals surface area contributed by atoms with Crippen molar-refractivity contribution in [3.05, 3.63) is 60.5 Å². The molecule has 1 aromatic carbocycles. The molecule has 0 saturated carbocycles. The van der Waals surface area contributed by atoms with Crippen molar-refractivity contribution in [1.82, 2.24) is 29.2 Å². The first kappa shape index (κ1) is 16.5. The number of hydrogen-bond acceptors (Lipinski definition) is 6. The fourth-order valence-electron chi connectivity index (χ4n) is 3.32. The molecule has 8 heteroatoms. The van der Waals surface area contributed by atoms with Crippen LogP contribution in [0.25, 0.3) is 34.2 Å². The third kappa shape index (κ3) is 2.79. The number of rotatable bonds is 5. The number of para-hydroxylation sites is 2. The number of hydrogen-bond donors (Lipinski definition) is 0. The van der Waals surface area contributed by atoms with Gasteiger partial charge in [0.15, 0.2) is 29.0 Å². The van der Waals surface area contributed by atoms with Crippen molar-refractivity contribution in [3.8, 4) is 23.2 Å². The molecule has 0 aliphatic rings. The molecule has 0 unspecified atom stereocenters. The van der Waals surface area contributed by atoms with Crippen molar-refractivity contribution in [3.63, 3.8) is 0 Å². The lowest BCUT2D eigenvalue weighted by atomic mass is 10.3. The molecule has 28 heavy (non-hydrogen) atoms. The fraction of sp³-hybridized carbons (Fsp3) is 0.200. The van der Waals surface area contributed by atoms with E-state index < -0.39 is 0 Å². The van der Waals surface area contributed by atoms with Crippen LogP contribution in [0.4, 0.5) is 0 Å². The van der Waals surface area contributed by atoms with E-state index in [1.807, 2.05) is 58.8 Å². The lowest BCUT2D eigenvalue weighted by Gasteiger charge is -2.04. The van der Waals surface area contributed by atoms with Crippen molar-refractivity contribution in [1.29, 1.82) is 0 Å². The Kier molecular flexibility index (Phi) is 3.82. The molecule has 0 atom stereocenters. The minimum absolute atomic E-state index is 0.569. The molecule has 0 saturated heterocycles. The summed E-state index contributed by atoms with van der Waals surface area (Å²) in [6, 6.07) is 11.9. The highest BCUT2D eigenvalue weighted by molar-refractivity contribution is 5.79. The van der Waals surface area contributed by atoms with Gasteiger partial charge in [-0.3, -0.25) is 0 Å². The van der Waals surface area contributed by atoms with Crippen molar-refractivity contribution in [2.24, 2.45) is 7.05 Å². The SMILES string of the molecule is Cc1nc(CCn2ccnc2-c2ccc(-c3nc4ccccc4n3C)o2)no1. The van der Waals surface area contributed by atoms with E-state index in [2.05, 4.69) is 15.1 Å². The third-order valence-corrected chi connectivity index (χ3v) is 4.70. The molecule has 0 aliphatic heterocycles. The Morgan fingerprint density at radius 2 is 1.82 bits per heavy atom. The molecule has 0 aliphatic carbocycles. The molecule has 0 amide bonds. The van der Waals surface area contributed by atoms with Gasteiger partial charge in [0, 0.05) is 39.3 Å². The third-order valence-electron chi connectivity index (χ3n) is 4.70. The van der Waals surface area contributed by atoms with Crippen molar-refractivity contribution in [2.45, 2.75) is 19.9 Å². The van der Waals surface area contributed by atoms with E-state index >= 15 is 0 Å². The number of benzene rings is 1. The van der Waals surface area contributed by atoms with Gasteiger partial charge in [-0.15, -0.1) is 0 Å². The zero-order valence-electron chi connectivity index (χ0n) is 15.5. The average molecular weight is 374 g/mol. The standard InChI is InChI=1S/C20H18N6O2/c1-13-22-18(24-28-13)9-11-26-12-10-21-19(26)16-7-8-17(27-16)20-23-14-5-3-4-6-15(14)25(20)2/h3-8,10,12H,9,11H2,1-2H3. The first-order chi connectivity index (χ1) is 13.7. The summed E-state index contributed by atoms with van der Waals surface area (Å²) in [7, 11) is 1.99. The molecule has 140 valence electrons. The summed E-state index contributed by atoms with van der Waals surface area (Å²) in [4.78, 5) is 13.4. The zero-order valence-corrected chi connectivity index (χ0v) is 15.5. The summed E-state index contributed by atoms with van der Waals surface area (Å²) >= 11 is 0. The molecule has 5 aromatic rings. The minimum Gasteiger partial charge on any atom is -0.450 e. The van der Waals surface area contributed by atoms with Gasteiger partial charge in [-0.05, 0) is 24.3 Å². The van der Waals surface area contributed by atoms with Gasteiger partial charge >= 0.3 is 0 Å². The van der Waals surface area contributed by atoms with Gasteiger partial charge in [0.1, 0.15) is 0 Å².